The lowest BCUT2D eigenvalue weighted by Gasteiger charge is -2.36. The second-order valence-electron chi connectivity index (χ2n) is 22.9. The van der Waals surface area contributed by atoms with E-state index in [1.54, 1.807) is 16.4 Å². The van der Waals surface area contributed by atoms with Crippen LogP contribution in [0.2, 0.25) is 54.4 Å². The number of hydrogen-bond donors (Lipinski definition) is 1. The Morgan fingerprint density at radius 2 is 0.632 bits per heavy atom. The van der Waals surface area contributed by atoms with Crippen LogP contribution in [0.4, 0.5) is 13.2 Å². The van der Waals surface area contributed by atoms with E-state index in [0.29, 0.717) is 5.30 Å². The molecule has 418 valence electrons. The van der Waals surface area contributed by atoms with Crippen LogP contribution in [0, 0.1) is 0 Å². The van der Waals surface area contributed by atoms with Gasteiger partial charge in [0, 0.05) is 0 Å². The maximum absolute atomic E-state index is 16.0. The molecule has 0 aromatic heterocycles. The molecule has 0 spiro atoms. The monoisotopic (exact) mass is 1120 g/mol. The third-order valence-corrected chi connectivity index (χ3v) is 40.7. The molecule has 1 atom stereocenters. The minimum Gasteiger partial charge on any atom is -0.166 e. The molecule has 0 radical (unpaired) electrons. The summed E-state index contributed by atoms with van der Waals surface area (Å²) >= 11 is 0. The van der Waals surface area contributed by atoms with Gasteiger partial charge in [-0.3, -0.25) is 0 Å². The van der Waals surface area contributed by atoms with Gasteiger partial charge in [-0.15, -0.1) is 4.86 Å². The van der Waals surface area contributed by atoms with Gasteiger partial charge in [0.05, 0.1) is 32.3 Å². The zero-order valence-electron chi connectivity index (χ0n) is 49.2. The van der Waals surface area contributed by atoms with Crippen molar-refractivity contribution in [2.75, 3.05) is 0 Å². The summed E-state index contributed by atoms with van der Waals surface area (Å²) in [5, 5.41) is 9.27. The van der Waals surface area contributed by atoms with Crippen LogP contribution in [0.5, 0.6) is 0 Å². The molecule has 1 N–H and O–H groups in total. The van der Waals surface area contributed by atoms with Crippen LogP contribution < -0.4 is 46.9 Å². The lowest BCUT2D eigenvalue weighted by Crippen LogP contribution is -2.49. The van der Waals surface area contributed by atoms with Crippen molar-refractivity contribution in [2.45, 2.75) is 238 Å². The predicted octanol–water partition coefficient (Wildman–Crippen LogP) is 18.7. The summed E-state index contributed by atoms with van der Waals surface area (Å²) < 4.78 is 48.1. The molecule has 0 saturated carbocycles. The lowest BCUT2D eigenvalue weighted by molar-refractivity contribution is -0.136. The molecular formula is C67H103F3NP2Si3+. The van der Waals surface area contributed by atoms with E-state index in [0.717, 1.165) is 10.6 Å². The largest absolute Gasteiger partial charge is 0.420 e. The Kier molecular flexibility index (Phi) is 27.5. The molecule has 0 aliphatic heterocycles. The van der Waals surface area contributed by atoms with E-state index in [1.165, 1.54) is 192 Å². The van der Waals surface area contributed by atoms with Gasteiger partial charge in [-0.1, -0.05) is 339 Å². The molecule has 5 aromatic carbocycles. The fourth-order valence-electron chi connectivity index (χ4n) is 12.7. The molecule has 1 unspecified atom stereocenters. The molecule has 9 heteroatoms. The van der Waals surface area contributed by atoms with Gasteiger partial charge in [-0.2, -0.15) is 13.2 Å². The van der Waals surface area contributed by atoms with Gasteiger partial charge >= 0.3 is 6.18 Å². The highest BCUT2D eigenvalue weighted by Crippen LogP contribution is 2.59. The molecule has 0 bridgehead atoms. The Hall–Kier alpha value is -2.64. The standard InChI is InChI=1S/C67H103F3NP2Si3/c1-10-19-49-74(50-20-11-2,51-21-12-3)62-43-37-58(38-44-62)72(59-39-45-63(46-40-59)75(52-22-13-4,53-23-14-5)54-24-15-6)71-73(60-33-29-28-30-34-60,66-36-32-31-35-65(66)67(68,69)70)61-41-47-64(48-42-61)76(55-25-16-7,56-26-17-8)57-27-18-9/h28-48,71H,10-27,49-57H2,1-9H3/q+1. The highest BCUT2D eigenvalue weighted by Gasteiger charge is 2.53. The molecule has 0 heterocycles. The van der Waals surface area contributed by atoms with Crippen molar-refractivity contribution in [3.8, 4) is 0 Å². The van der Waals surface area contributed by atoms with Gasteiger partial charge in [0.2, 0.25) is 0 Å². The Balaban J connectivity index is 1.89. The van der Waals surface area contributed by atoms with Gasteiger partial charge in [0.25, 0.3) is 0 Å². The van der Waals surface area contributed by atoms with Crippen molar-refractivity contribution in [3.63, 3.8) is 0 Å². The van der Waals surface area contributed by atoms with Crippen LogP contribution in [-0.2, 0) is 6.18 Å². The number of benzene rings is 5. The lowest BCUT2D eigenvalue weighted by atomic mass is 10.2. The second-order valence-corrected chi connectivity index (χ2v) is 42.1. The number of hydrogen-bond acceptors (Lipinski definition) is 1. The molecule has 76 heavy (non-hydrogen) atoms. The van der Waals surface area contributed by atoms with Crippen LogP contribution >= 0.6 is 15.5 Å². The zero-order chi connectivity index (χ0) is 54.9. The summed E-state index contributed by atoms with van der Waals surface area (Å²) in [5.41, 5.74) is -0.543. The molecule has 5 rings (SSSR count). The summed E-state index contributed by atoms with van der Waals surface area (Å²) in [7, 11) is -10.3. The summed E-state index contributed by atoms with van der Waals surface area (Å²) in [5.74, 6) is 0. The Morgan fingerprint density at radius 3 is 0.934 bits per heavy atom. The van der Waals surface area contributed by atoms with Crippen LogP contribution in [0.1, 0.15) is 183 Å². The van der Waals surface area contributed by atoms with Crippen molar-refractivity contribution in [1.82, 2.24) is 4.86 Å². The molecule has 0 saturated heterocycles. The van der Waals surface area contributed by atoms with Crippen LogP contribution in [0.25, 0.3) is 0 Å². The number of nitrogens with one attached hydrogen (secondary N) is 1. The first-order valence-corrected chi connectivity index (χ1v) is 41.9. The summed E-state index contributed by atoms with van der Waals surface area (Å²) in [6.07, 6.45) is 17.5. The van der Waals surface area contributed by atoms with Crippen molar-refractivity contribution >= 4 is 81.8 Å². The summed E-state index contributed by atoms with van der Waals surface area (Å²) in [6.45, 7) is 21.0. The fraction of sp³-hybridized carbons (Fsp3) is 0.552. The summed E-state index contributed by atoms with van der Waals surface area (Å²) in [6, 6.07) is 57.8. The van der Waals surface area contributed by atoms with E-state index < -0.39 is 51.4 Å². The Labute approximate surface area is 468 Å². The third-order valence-electron chi connectivity index (χ3n) is 17.4. The molecule has 5 aromatic rings. The quantitative estimate of drug-likeness (QED) is 0.0309. The maximum atomic E-state index is 16.0. The second kappa shape index (κ2) is 32.6. The topological polar surface area (TPSA) is 12.0 Å². The average Bonchev–Trinajstić information content (AvgIpc) is 3.47. The van der Waals surface area contributed by atoms with Crippen molar-refractivity contribution in [3.05, 3.63) is 133 Å². The van der Waals surface area contributed by atoms with Crippen LogP contribution in [-0.4, -0.2) is 24.2 Å². The normalized spacial score (nSPS) is 13.4. The minimum absolute atomic E-state index is 0.365. The van der Waals surface area contributed by atoms with Gasteiger partial charge in [-0.25, -0.2) is 0 Å². The van der Waals surface area contributed by atoms with E-state index in [9.17, 15) is 0 Å². The number of rotatable bonds is 37. The van der Waals surface area contributed by atoms with Gasteiger partial charge < -0.3 is 0 Å². The molecule has 0 aliphatic rings. The number of alkyl halides is 3. The molecule has 0 fully saturated rings. The molecule has 0 aliphatic carbocycles. The third kappa shape index (κ3) is 16.5. The van der Waals surface area contributed by atoms with Crippen molar-refractivity contribution in [1.29, 1.82) is 0 Å². The van der Waals surface area contributed by atoms with Gasteiger partial charge in [0.15, 0.2) is 7.41 Å². The first kappa shape index (κ1) is 64.2. The van der Waals surface area contributed by atoms with Gasteiger partial charge in [-0.05, 0) is 47.0 Å². The predicted molar refractivity (Wildman–Crippen MR) is 346 cm³/mol. The summed E-state index contributed by atoms with van der Waals surface area (Å²) in [4.78, 5) is 4.45. The van der Waals surface area contributed by atoms with E-state index in [-0.39, 0.29) is 0 Å². The van der Waals surface area contributed by atoms with Crippen LogP contribution in [0.3, 0.4) is 0 Å². The number of halogens is 3. The van der Waals surface area contributed by atoms with Crippen LogP contribution in [0.15, 0.2) is 127 Å². The zero-order valence-corrected chi connectivity index (χ0v) is 54.0. The highest BCUT2D eigenvalue weighted by atomic mass is 31.2. The van der Waals surface area contributed by atoms with Crippen molar-refractivity contribution in [2.24, 2.45) is 0 Å². The maximum Gasteiger partial charge on any atom is 0.420 e. The first-order valence-electron chi connectivity index (χ1n) is 30.9. The minimum atomic E-state index is -4.56. The molecule has 1 nitrogen and oxygen atoms in total. The van der Waals surface area contributed by atoms with E-state index in [1.807, 2.05) is 30.3 Å². The van der Waals surface area contributed by atoms with E-state index in [4.69, 9.17) is 0 Å². The Bertz CT molecular complexity index is 2220. The highest BCUT2D eigenvalue weighted by molar-refractivity contribution is 8.00. The number of unbranched alkanes of at least 4 members (excludes halogenated alkanes) is 9. The Morgan fingerprint density at radius 1 is 0.355 bits per heavy atom. The molecular weight excluding hydrogens is 1020 g/mol. The first-order chi connectivity index (χ1) is 36.9. The van der Waals surface area contributed by atoms with Crippen molar-refractivity contribution < 1.29 is 13.2 Å². The van der Waals surface area contributed by atoms with E-state index >= 15 is 13.2 Å². The van der Waals surface area contributed by atoms with E-state index in [2.05, 4.69) is 152 Å². The average molecular weight is 1130 g/mol. The smallest absolute Gasteiger partial charge is 0.166 e. The fourth-order valence-corrected chi connectivity index (χ4v) is 37.1. The SMILES string of the molecule is CCCC[Si](CCCC)(CCCC)c1ccc(P(N[P+](c2ccccc2)(c2ccc([Si](CCCC)(CCCC)CCCC)cc2)c2ccccc2C(F)(F)F)c2ccc([Si](CCCC)(CCCC)CCCC)cc2)cc1. The molecule has 0 amide bonds. The van der Waals surface area contributed by atoms with Gasteiger partial charge in [0.1, 0.15) is 21.5 Å².